The monoisotopic (exact) mass is 266 g/mol. The fourth-order valence-corrected chi connectivity index (χ4v) is 1.57. The van der Waals surface area contributed by atoms with Gasteiger partial charge in [-0.3, -0.25) is 0 Å². The minimum atomic E-state index is -0.850. The van der Waals surface area contributed by atoms with Crippen LogP contribution >= 0.6 is 0 Å². The maximum Gasteiger partial charge on any atom is 0.253 e. The number of hydrogen-bond donors (Lipinski definition) is 1. The average Bonchev–Trinajstić information content (AvgIpc) is 2.84. The second kappa shape index (κ2) is 5.79. The number of hydrogen-bond acceptors (Lipinski definition) is 5. The standard InChI is InChI=1S/C13H15FN2O3/c1-3-12-15-16-13(19-12)7-18-9-4-5-10(8(2)17)11(14)6-9/h4-6,8,17H,3,7H2,1-2H3. The number of aliphatic hydroxyl groups excluding tert-OH is 1. The fraction of sp³-hybridized carbons (Fsp3) is 0.385. The zero-order chi connectivity index (χ0) is 13.8. The van der Waals surface area contributed by atoms with Crippen molar-refractivity contribution in [3.8, 4) is 5.75 Å². The van der Waals surface area contributed by atoms with Gasteiger partial charge in [-0.15, -0.1) is 10.2 Å². The summed E-state index contributed by atoms with van der Waals surface area (Å²) in [6.45, 7) is 3.49. The maximum absolute atomic E-state index is 13.6. The van der Waals surface area contributed by atoms with Crippen LogP contribution in [0.25, 0.3) is 0 Å². The minimum absolute atomic E-state index is 0.0838. The highest BCUT2D eigenvalue weighted by atomic mass is 19.1. The molecule has 0 fully saturated rings. The van der Waals surface area contributed by atoms with Crippen LogP contribution in [0.2, 0.25) is 0 Å². The molecule has 1 heterocycles. The average molecular weight is 266 g/mol. The topological polar surface area (TPSA) is 68.4 Å². The number of rotatable bonds is 5. The third-order valence-corrected chi connectivity index (χ3v) is 2.60. The van der Waals surface area contributed by atoms with Crippen molar-refractivity contribution in [2.24, 2.45) is 0 Å². The van der Waals surface area contributed by atoms with Gasteiger partial charge in [0.25, 0.3) is 5.89 Å². The molecule has 0 bridgehead atoms. The zero-order valence-electron chi connectivity index (χ0n) is 10.8. The first-order chi connectivity index (χ1) is 9.10. The highest BCUT2D eigenvalue weighted by molar-refractivity contribution is 5.30. The van der Waals surface area contributed by atoms with Crippen molar-refractivity contribution in [3.05, 3.63) is 41.4 Å². The highest BCUT2D eigenvalue weighted by Gasteiger charge is 2.10. The van der Waals surface area contributed by atoms with Gasteiger partial charge in [-0.05, 0) is 19.1 Å². The van der Waals surface area contributed by atoms with Crippen LogP contribution in [0.1, 0.15) is 37.3 Å². The van der Waals surface area contributed by atoms with E-state index in [1.54, 1.807) is 6.07 Å². The molecule has 5 nitrogen and oxygen atoms in total. The van der Waals surface area contributed by atoms with E-state index in [0.717, 1.165) is 0 Å². The second-order valence-electron chi connectivity index (χ2n) is 4.09. The van der Waals surface area contributed by atoms with Gasteiger partial charge in [0.2, 0.25) is 5.89 Å². The summed E-state index contributed by atoms with van der Waals surface area (Å²) >= 11 is 0. The van der Waals surface area contributed by atoms with Gasteiger partial charge < -0.3 is 14.3 Å². The van der Waals surface area contributed by atoms with Crippen LogP contribution < -0.4 is 4.74 Å². The normalized spacial score (nSPS) is 12.4. The molecule has 0 aliphatic carbocycles. The lowest BCUT2D eigenvalue weighted by atomic mass is 10.1. The molecule has 19 heavy (non-hydrogen) atoms. The summed E-state index contributed by atoms with van der Waals surface area (Å²) in [5.74, 6) is 0.719. The molecule has 0 aliphatic rings. The number of nitrogens with zero attached hydrogens (tertiary/aromatic N) is 2. The number of aryl methyl sites for hydroxylation is 1. The Balaban J connectivity index is 2.01. The van der Waals surface area contributed by atoms with E-state index in [2.05, 4.69) is 10.2 Å². The number of aliphatic hydroxyl groups is 1. The maximum atomic E-state index is 13.6. The van der Waals surface area contributed by atoms with Crippen molar-refractivity contribution < 1.29 is 18.7 Å². The molecule has 2 aromatic rings. The van der Waals surface area contributed by atoms with E-state index in [0.29, 0.717) is 24.0 Å². The number of ether oxygens (including phenoxy) is 1. The first kappa shape index (κ1) is 13.5. The Bertz CT molecular complexity index is 555. The summed E-state index contributed by atoms with van der Waals surface area (Å²) in [7, 11) is 0. The fourth-order valence-electron chi connectivity index (χ4n) is 1.57. The van der Waals surface area contributed by atoms with E-state index in [9.17, 15) is 9.50 Å². The Morgan fingerprint density at radius 1 is 1.37 bits per heavy atom. The summed E-state index contributed by atoms with van der Waals surface area (Å²) < 4.78 is 24.2. The Morgan fingerprint density at radius 2 is 2.11 bits per heavy atom. The molecule has 6 heteroatoms. The molecule has 0 aliphatic heterocycles. The molecule has 0 saturated carbocycles. The molecule has 1 N–H and O–H groups in total. The van der Waals surface area contributed by atoms with E-state index >= 15 is 0 Å². The summed E-state index contributed by atoms with van der Waals surface area (Å²) in [4.78, 5) is 0. The predicted molar refractivity (Wildman–Crippen MR) is 65.0 cm³/mol. The van der Waals surface area contributed by atoms with Gasteiger partial charge in [-0.25, -0.2) is 4.39 Å². The van der Waals surface area contributed by atoms with E-state index in [4.69, 9.17) is 9.15 Å². The van der Waals surface area contributed by atoms with Crippen LogP contribution in [0.5, 0.6) is 5.75 Å². The number of benzene rings is 1. The minimum Gasteiger partial charge on any atom is -0.484 e. The van der Waals surface area contributed by atoms with Crippen LogP contribution in [0.15, 0.2) is 22.6 Å². The molecule has 1 atom stereocenters. The summed E-state index contributed by atoms with van der Waals surface area (Å²) in [6, 6.07) is 4.29. The van der Waals surface area contributed by atoms with Crippen LogP contribution in [-0.4, -0.2) is 15.3 Å². The summed E-state index contributed by atoms with van der Waals surface area (Å²) in [5.41, 5.74) is 0.235. The van der Waals surface area contributed by atoms with Crippen LogP contribution in [0.4, 0.5) is 4.39 Å². The Hall–Kier alpha value is -1.95. The van der Waals surface area contributed by atoms with Crippen molar-refractivity contribution in [1.82, 2.24) is 10.2 Å². The smallest absolute Gasteiger partial charge is 0.253 e. The van der Waals surface area contributed by atoms with Crippen molar-refractivity contribution in [3.63, 3.8) is 0 Å². The Kier molecular flexibility index (Phi) is 4.11. The van der Waals surface area contributed by atoms with Crippen molar-refractivity contribution in [2.75, 3.05) is 0 Å². The van der Waals surface area contributed by atoms with Gasteiger partial charge >= 0.3 is 0 Å². The number of halogens is 1. The van der Waals surface area contributed by atoms with E-state index in [1.165, 1.54) is 19.1 Å². The lowest BCUT2D eigenvalue weighted by molar-refractivity contribution is 0.193. The lowest BCUT2D eigenvalue weighted by Gasteiger charge is -2.08. The van der Waals surface area contributed by atoms with Crippen molar-refractivity contribution >= 4 is 0 Å². The lowest BCUT2D eigenvalue weighted by Crippen LogP contribution is -1.99. The van der Waals surface area contributed by atoms with Crippen LogP contribution in [0.3, 0.4) is 0 Å². The van der Waals surface area contributed by atoms with E-state index in [-0.39, 0.29) is 12.2 Å². The van der Waals surface area contributed by atoms with Crippen molar-refractivity contribution in [2.45, 2.75) is 33.0 Å². The van der Waals surface area contributed by atoms with Gasteiger partial charge in [-0.1, -0.05) is 6.92 Å². The molecule has 0 amide bonds. The number of aromatic nitrogens is 2. The molecular formula is C13H15FN2O3. The predicted octanol–water partition coefficient (Wildman–Crippen LogP) is 2.40. The molecule has 0 spiro atoms. The van der Waals surface area contributed by atoms with E-state index < -0.39 is 11.9 Å². The first-order valence-corrected chi connectivity index (χ1v) is 6.01. The highest BCUT2D eigenvalue weighted by Crippen LogP contribution is 2.22. The third-order valence-electron chi connectivity index (χ3n) is 2.60. The van der Waals surface area contributed by atoms with Gasteiger partial charge in [0.1, 0.15) is 11.6 Å². The Morgan fingerprint density at radius 3 is 2.68 bits per heavy atom. The van der Waals surface area contributed by atoms with Gasteiger partial charge in [0.05, 0.1) is 6.10 Å². The largest absolute Gasteiger partial charge is 0.484 e. The molecular weight excluding hydrogens is 251 g/mol. The molecule has 1 aromatic heterocycles. The molecule has 0 radical (unpaired) electrons. The van der Waals surface area contributed by atoms with Crippen LogP contribution in [0, 0.1) is 5.82 Å². The van der Waals surface area contributed by atoms with Gasteiger partial charge in [0.15, 0.2) is 6.61 Å². The quantitative estimate of drug-likeness (QED) is 0.900. The van der Waals surface area contributed by atoms with Crippen molar-refractivity contribution in [1.29, 1.82) is 0 Å². The molecule has 102 valence electrons. The molecule has 2 rings (SSSR count). The first-order valence-electron chi connectivity index (χ1n) is 6.01. The third kappa shape index (κ3) is 3.29. The molecule has 1 unspecified atom stereocenters. The molecule has 0 saturated heterocycles. The Labute approximate surface area is 110 Å². The van der Waals surface area contributed by atoms with E-state index in [1.807, 2.05) is 6.92 Å². The molecule has 1 aromatic carbocycles. The van der Waals surface area contributed by atoms with Crippen LogP contribution in [-0.2, 0) is 13.0 Å². The summed E-state index contributed by atoms with van der Waals surface area (Å²) in [6.07, 6.45) is -0.192. The zero-order valence-corrected chi connectivity index (χ0v) is 10.8. The van der Waals surface area contributed by atoms with Gasteiger partial charge in [-0.2, -0.15) is 0 Å². The SMILES string of the molecule is CCc1nnc(COc2ccc(C(C)O)c(F)c2)o1. The second-order valence-corrected chi connectivity index (χ2v) is 4.09. The van der Waals surface area contributed by atoms with Gasteiger partial charge in [0, 0.05) is 18.1 Å². The summed E-state index contributed by atoms with van der Waals surface area (Å²) in [5, 5.41) is 16.9.